The molecule has 1 N–H and O–H groups in total. The first-order valence-corrected chi connectivity index (χ1v) is 10.8. The van der Waals surface area contributed by atoms with Gasteiger partial charge in [0.25, 0.3) is 5.91 Å². The van der Waals surface area contributed by atoms with Crippen LogP contribution >= 0.6 is 23.4 Å². The van der Waals surface area contributed by atoms with Crippen LogP contribution in [0.4, 0.5) is 10.1 Å². The third-order valence-electron chi connectivity index (χ3n) is 4.84. The van der Waals surface area contributed by atoms with E-state index in [1.165, 1.54) is 36.0 Å². The van der Waals surface area contributed by atoms with Gasteiger partial charge in [-0.3, -0.25) is 9.59 Å². The van der Waals surface area contributed by atoms with Gasteiger partial charge < -0.3 is 10.2 Å². The van der Waals surface area contributed by atoms with Crippen LogP contribution in [0, 0.1) is 5.82 Å². The third kappa shape index (κ3) is 4.20. The molecule has 1 aliphatic heterocycles. The molecule has 4 nitrogen and oxygen atoms in total. The number of rotatable bonds is 4. The number of halogens is 2. The molecule has 1 saturated heterocycles. The van der Waals surface area contributed by atoms with Crippen molar-refractivity contribution in [1.29, 1.82) is 0 Å². The minimum Gasteiger partial charge on any atom is -0.324 e. The molecule has 2 atom stereocenters. The van der Waals surface area contributed by atoms with E-state index in [2.05, 4.69) is 5.32 Å². The molecule has 0 bridgehead atoms. The van der Waals surface area contributed by atoms with Gasteiger partial charge in [-0.25, -0.2) is 4.39 Å². The molecule has 2 amide bonds. The van der Waals surface area contributed by atoms with Gasteiger partial charge in [0.1, 0.15) is 17.2 Å². The van der Waals surface area contributed by atoms with Crippen molar-refractivity contribution >= 4 is 40.9 Å². The minimum absolute atomic E-state index is 0.246. The zero-order valence-corrected chi connectivity index (χ0v) is 17.4. The van der Waals surface area contributed by atoms with Crippen LogP contribution in [0.25, 0.3) is 0 Å². The van der Waals surface area contributed by atoms with Gasteiger partial charge in [0.2, 0.25) is 5.91 Å². The van der Waals surface area contributed by atoms with Crippen LogP contribution in [0.1, 0.15) is 21.3 Å². The number of benzene rings is 3. The highest BCUT2D eigenvalue weighted by Gasteiger charge is 2.43. The van der Waals surface area contributed by atoms with Crippen molar-refractivity contribution in [2.24, 2.45) is 0 Å². The lowest BCUT2D eigenvalue weighted by atomic mass is 10.1. The van der Waals surface area contributed by atoms with Crippen LogP contribution < -0.4 is 5.32 Å². The van der Waals surface area contributed by atoms with E-state index in [9.17, 15) is 14.0 Å². The Hall–Kier alpha value is -2.83. The Labute approximate surface area is 183 Å². The summed E-state index contributed by atoms with van der Waals surface area (Å²) in [6.07, 6.45) is 0. The number of carbonyl (C=O) groups is 2. The summed E-state index contributed by atoms with van der Waals surface area (Å²) in [7, 11) is 0. The zero-order valence-electron chi connectivity index (χ0n) is 15.8. The van der Waals surface area contributed by atoms with Crippen molar-refractivity contribution in [2.75, 3.05) is 11.1 Å². The van der Waals surface area contributed by atoms with E-state index < -0.39 is 11.4 Å². The van der Waals surface area contributed by atoms with Gasteiger partial charge in [-0.15, -0.1) is 11.8 Å². The van der Waals surface area contributed by atoms with Crippen LogP contribution in [-0.2, 0) is 4.79 Å². The van der Waals surface area contributed by atoms with Gasteiger partial charge in [0.05, 0.1) is 0 Å². The molecule has 0 aromatic heterocycles. The fraction of sp³-hybridized carbons (Fsp3) is 0.130. The lowest BCUT2D eigenvalue weighted by Gasteiger charge is -2.29. The van der Waals surface area contributed by atoms with Gasteiger partial charge >= 0.3 is 0 Å². The summed E-state index contributed by atoms with van der Waals surface area (Å²) in [6, 6.07) is 21.0. The van der Waals surface area contributed by atoms with Crippen molar-refractivity contribution in [3.8, 4) is 0 Å². The molecule has 1 fully saturated rings. The molecule has 2 unspecified atom stereocenters. The molecule has 0 radical (unpaired) electrons. The number of carbonyl (C=O) groups excluding carboxylic acids is 2. The van der Waals surface area contributed by atoms with E-state index in [0.717, 1.165) is 5.56 Å². The van der Waals surface area contributed by atoms with E-state index in [1.54, 1.807) is 35.2 Å². The molecule has 0 saturated carbocycles. The number of amides is 2. The molecule has 4 rings (SSSR count). The Morgan fingerprint density at radius 2 is 1.63 bits per heavy atom. The standard InChI is InChI=1S/C23H18ClFN2O2S/c24-19-9-5-4-8-18(19)23-27(22(29)15-6-2-1-3-7-15)20(14-30-23)21(28)26-17-12-10-16(25)11-13-17/h1-13,20,23H,14H2,(H,26,28). The van der Waals surface area contributed by atoms with Gasteiger partial charge in [0.15, 0.2) is 0 Å². The van der Waals surface area contributed by atoms with Crippen molar-refractivity contribution < 1.29 is 14.0 Å². The topological polar surface area (TPSA) is 49.4 Å². The second-order valence-corrected chi connectivity index (χ2v) is 8.32. The van der Waals surface area contributed by atoms with Gasteiger partial charge in [-0.2, -0.15) is 0 Å². The highest BCUT2D eigenvalue weighted by atomic mass is 35.5. The highest BCUT2D eigenvalue weighted by molar-refractivity contribution is 7.99. The van der Waals surface area contributed by atoms with Gasteiger partial charge in [-0.1, -0.05) is 48.0 Å². The van der Waals surface area contributed by atoms with E-state index in [0.29, 0.717) is 22.0 Å². The number of thioether (sulfide) groups is 1. The normalized spacial score (nSPS) is 18.3. The van der Waals surface area contributed by atoms with Gasteiger partial charge in [-0.05, 0) is 42.5 Å². The number of hydrogen-bond donors (Lipinski definition) is 1. The number of nitrogens with zero attached hydrogens (tertiary/aromatic N) is 1. The Morgan fingerprint density at radius 1 is 0.967 bits per heavy atom. The largest absolute Gasteiger partial charge is 0.324 e. The lowest BCUT2D eigenvalue weighted by molar-refractivity contribution is -0.119. The molecule has 0 spiro atoms. The summed E-state index contributed by atoms with van der Waals surface area (Å²) in [6.45, 7) is 0. The smallest absolute Gasteiger partial charge is 0.255 e. The monoisotopic (exact) mass is 440 g/mol. The average molecular weight is 441 g/mol. The lowest BCUT2D eigenvalue weighted by Crippen LogP contribution is -2.45. The summed E-state index contributed by atoms with van der Waals surface area (Å²) >= 11 is 7.89. The molecule has 30 heavy (non-hydrogen) atoms. The number of hydrogen-bond acceptors (Lipinski definition) is 3. The maximum absolute atomic E-state index is 13.4. The average Bonchev–Trinajstić information content (AvgIpc) is 3.21. The third-order valence-corrected chi connectivity index (χ3v) is 6.49. The predicted molar refractivity (Wildman–Crippen MR) is 118 cm³/mol. The fourth-order valence-electron chi connectivity index (χ4n) is 3.36. The molecular weight excluding hydrogens is 423 g/mol. The van der Waals surface area contributed by atoms with Crippen LogP contribution in [0.5, 0.6) is 0 Å². The van der Waals surface area contributed by atoms with Gasteiger partial charge in [0, 0.05) is 27.6 Å². The quantitative estimate of drug-likeness (QED) is 0.593. The SMILES string of the molecule is O=C(Nc1ccc(F)cc1)C1CSC(c2ccccc2Cl)N1C(=O)c1ccccc1. The molecular formula is C23H18ClFN2O2S. The van der Waals surface area contributed by atoms with E-state index in [4.69, 9.17) is 11.6 Å². The second kappa shape index (κ2) is 8.90. The predicted octanol–water partition coefficient (Wildman–Crippen LogP) is 5.37. The number of nitrogens with one attached hydrogen (secondary N) is 1. The minimum atomic E-state index is -0.700. The summed E-state index contributed by atoms with van der Waals surface area (Å²) in [4.78, 5) is 28.0. The Morgan fingerprint density at radius 3 is 2.33 bits per heavy atom. The molecule has 7 heteroatoms. The zero-order chi connectivity index (χ0) is 21.1. The van der Waals surface area contributed by atoms with E-state index in [1.807, 2.05) is 24.3 Å². The summed E-state index contributed by atoms with van der Waals surface area (Å²) in [5.41, 5.74) is 1.75. The van der Waals surface area contributed by atoms with Crippen LogP contribution in [0.3, 0.4) is 0 Å². The molecule has 3 aromatic rings. The maximum atomic E-state index is 13.4. The first-order chi connectivity index (χ1) is 14.5. The number of anilines is 1. The Kier molecular flexibility index (Phi) is 6.06. The summed E-state index contributed by atoms with van der Waals surface area (Å²) in [5.74, 6) is -0.539. The Bertz CT molecular complexity index is 1060. The van der Waals surface area contributed by atoms with Crippen molar-refractivity contribution in [3.63, 3.8) is 0 Å². The fourth-order valence-corrected chi connectivity index (χ4v) is 5.13. The van der Waals surface area contributed by atoms with E-state index in [-0.39, 0.29) is 17.6 Å². The molecule has 3 aromatic carbocycles. The van der Waals surface area contributed by atoms with Crippen LogP contribution in [0.2, 0.25) is 5.02 Å². The second-order valence-electron chi connectivity index (χ2n) is 6.80. The van der Waals surface area contributed by atoms with Crippen molar-refractivity contribution in [1.82, 2.24) is 4.90 Å². The summed E-state index contributed by atoms with van der Waals surface area (Å²) in [5, 5.41) is 2.94. The van der Waals surface area contributed by atoms with E-state index >= 15 is 0 Å². The first-order valence-electron chi connectivity index (χ1n) is 9.35. The molecule has 1 heterocycles. The van der Waals surface area contributed by atoms with Crippen LogP contribution in [0.15, 0.2) is 78.9 Å². The van der Waals surface area contributed by atoms with Crippen molar-refractivity contribution in [3.05, 3.63) is 101 Å². The summed E-state index contributed by atoms with van der Waals surface area (Å²) < 4.78 is 13.2. The first kappa shape index (κ1) is 20.4. The van der Waals surface area contributed by atoms with Crippen LogP contribution in [-0.4, -0.2) is 28.5 Å². The molecule has 1 aliphatic rings. The maximum Gasteiger partial charge on any atom is 0.255 e. The van der Waals surface area contributed by atoms with Crippen molar-refractivity contribution in [2.45, 2.75) is 11.4 Å². The highest BCUT2D eigenvalue weighted by Crippen LogP contribution is 2.44. The molecule has 0 aliphatic carbocycles. The molecule has 152 valence electrons. The Balaban J connectivity index is 1.66.